The minimum atomic E-state index is -0.512. The molecule has 0 radical (unpaired) electrons. The van der Waals surface area contributed by atoms with Crippen LogP contribution in [0.1, 0.15) is 28.4 Å². The number of para-hydroxylation sites is 1. The second-order valence-corrected chi connectivity index (χ2v) is 8.71. The summed E-state index contributed by atoms with van der Waals surface area (Å²) in [5, 5.41) is 16.2. The summed E-state index contributed by atoms with van der Waals surface area (Å²) in [5.74, 6) is -0.440. The van der Waals surface area contributed by atoms with Crippen molar-refractivity contribution in [1.29, 1.82) is 0 Å². The van der Waals surface area contributed by atoms with Crippen molar-refractivity contribution >= 4 is 40.6 Å². The van der Waals surface area contributed by atoms with Gasteiger partial charge in [-0.25, -0.2) is 0 Å². The van der Waals surface area contributed by atoms with Crippen molar-refractivity contribution in [3.8, 4) is 0 Å². The van der Waals surface area contributed by atoms with Crippen LogP contribution in [-0.4, -0.2) is 22.0 Å². The van der Waals surface area contributed by atoms with E-state index in [2.05, 4.69) is 10.6 Å². The van der Waals surface area contributed by atoms with Crippen LogP contribution in [0.25, 0.3) is 0 Å². The summed E-state index contributed by atoms with van der Waals surface area (Å²) in [6, 6.07) is 18.5. The molecule has 0 heterocycles. The molecule has 0 saturated heterocycles. The van der Waals surface area contributed by atoms with Gasteiger partial charge in [-0.1, -0.05) is 18.2 Å². The van der Waals surface area contributed by atoms with Crippen LogP contribution < -0.4 is 10.6 Å². The number of benzene rings is 3. The van der Waals surface area contributed by atoms with Crippen molar-refractivity contribution in [2.45, 2.75) is 30.9 Å². The minimum absolute atomic E-state index is 0.0707. The SMILES string of the molecule is Cc1cccc(C)c1NC(=O)C(C)Sc1ccc(NC(=O)c2ccc([N+](=O)[O-])cc2)cc1. The van der Waals surface area contributed by atoms with Gasteiger partial charge in [-0.2, -0.15) is 0 Å². The maximum absolute atomic E-state index is 12.6. The summed E-state index contributed by atoms with van der Waals surface area (Å²) in [6.07, 6.45) is 0. The van der Waals surface area contributed by atoms with Crippen molar-refractivity contribution in [2.75, 3.05) is 10.6 Å². The Morgan fingerprint density at radius 2 is 1.50 bits per heavy atom. The van der Waals surface area contributed by atoms with Crippen LogP contribution in [0, 0.1) is 24.0 Å². The van der Waals surface area contributed by atoms with Gasteiger partial charge < -0.3 is 10.6 Å². The standard InChI is InChI=1S/C24H23N3O4S/c1-15-5-4-6-16(2)22(15)26-23(28)17(3)32-21-13-9-19(10-14-21)25-24(29)18-7-11-20(12-8-18)27(30)31/h4-14,17H,1-3H3,(H,25,29)(H,26,28). The molecule has 3 aromatic carbocycles. The number of hydrogen-bond donors (Lipinski definition) is 2. The van der Waals surface area contributed by atoms with Gasteiger partial charge in [0.2, 0.25) is 5.91 Å². The monoisotopic (exact) mass is 449 g/mol. The zero-order valence-electron chi connectivity index (χ0n) is 17.9. The average molecular weight is 450 g/mol. The van der Waals surface area contributed by atoms with E-state index in [1.165, 1.54) is 36.0 Å². The Morgan fingerprint density at radius 1 is 0.906 bits per heavy atom. The summed E-state index contributed by atoms with van der Waals surface area (Å²) in [5.41, 5.74) is 3.72. The largest absolute Gasteiger partial charge is 0.325 e. The molecule has 0 spiro atoms. The molecule has 0 aliphatic rings. The molecular formula is C24H23N3O4S. The second kappa shape index (κ2) is 10.1. The van der Waals surface area contributed by atoms with E-state index in [4.69, 9.17) is 0 Å². The van der Waals surface area contributed by atoms with Gasteiger partial charge in [0.25, 0.3) is 11.6 Å². The Bertz CT molecular complexity index is 1120. The van der Waals surface area contributed by atoms with Crippen LogP contribution in [0.15, 0.2) is 71.6 Å². The van der Waals surface area contributed by atoms with Crippen LogP contribution in [-0.2, 0) is 4.79 Å². The van der Waals surface area contributed by atoms with Crippen molar-refractivity contribution in [1.82, 2.24) is 0 Å². The van der Waals surface area contributed by atoms with Gasteiger partial charge in [0, 0.05) is 34.0 Å². The summed E-state index contributed by atoms with van der Waals surface area (Å²) in [7, 11) is 0. The van der Waals surface area contributed by atoms with E-state index in [0.29, 0.717) is 11.3 Å². The molecule has 32 heavy (non-hydrogen) atoms. The fourth-order valence-corrected chi connectivity index (χ4v) is 3.92. The third kappa shape index (κ3) is 5.73. The molecule has 2 N–H and O–H groups in total. The van der Waals surface area contributed by atoms with E-state index < -0.39 is 4.92 Å². The van der Waals surface area contributed by atoms with Crippen molar-refractivity contribution in [3.05, 3.63) is 93.5 Å². The molecule has 0 aliphatic carbocycles. The molecule has 7 nitrogen and oxygen atoms in total. The van der Waals surface area contributed by atoms with E-state index in [9.17, 15) is 19.7 Å². The number of hydrogen-bond acceptors (Lipinski definition) is 5. The summed E-state index contributed by atoms with van der Waals surface area (Å²) < 4.78 is 0. The Morgan fingerprint density at radius 3 is 2.06 bits per heavy atom. The number of nitro benzene ring substituents is 1. The van der Waals surface area contributed by atoms with Gasteiger partial charge in [-0.05, 0) is 68.3 Å². The second-order valence-electron chi connectivity index (χ2n) is 7.30. The molecule has 164 valence electrons. The predicted molar refractivity (Wildman–Crippen MR) is 127 cm³/mol. The number of nitrogens with one attached hydrogen (secondary N) is 2. The number of carbonyl (C=O) groups excluding carboxylic acids is 2. The lowest BCUT2D eigenvalue weighted by Gasteiger charge is -2.15. The number of thioether (sulfide) groups is 1. The first-order chi connectivity index (χ1) is 15.2. The zero-order chi connectivity index (χ0) is 23.3. The molecule has 0 aromatic heterocycles. The number of aryl methyl sites for hydroxylation is 2. The smallest absolute Gasteiger partial charge is 0.269 e. The third-order valence-corrected chi connectivity index (χ3v) is 5.98. The molecule has 1 unspecified atom stereocenters. The van der Waals surface area contributed by atoms with Crippen molar-refractivity contribution in [3.63, 3.8) is 0 Å². The summed E-state index contributed by atoms with van der Waals surface area (Å²) in [6.45, 7) is 5.77. The van der Waals surface area contributed by atoms with Gasteiger partial charge in [0.05, 0.1) is 10.2 Å². The topological polar surface area (TPSA) is 101 Å². The van der Waals surface area contributed by atoms with Crippen LogP contribution in [0.4, 0.5) is 17.1 Å². The molecule has 2 amide bonds. The number of nitrogens with zero attached hydrogens (tertiary/aromatic N) is 1. The fraction of sp³-hybridized carbons (Fsp3) is 0.167. The zero-order valence-corrected chi connectivity index (χ0v) is 18.7. The quantitative estimate of drug-likeness (QED) is 0.278. The lowest BCUT2D eigenvalue weighted by Crippen LogP contribution is -2.23. The molecule has 3 aromatic rings. The van der Waals surface area contributed by atoms with Crippen LogP contribution in [0.3, 0.4) is 0 Å². The number of nitro groups is 1. The first-order valence-corrected chi connectivity index (χ1v) is 10.8. The molecule has 1 atom stereocenters. The van der Waals surface area contributed by atoms with E-state index in [-0.39, 0.29) is 22.8 Å². The number of amides is 2. The van der Waals surface area contributed by atoms with Gasteiger partial charge in [0.1, 0.15) is 0 Å². The molecular weight excluding hydrogens is 426 g/mol. The molecule has 0 aliphatic heterocycles. The molecule has 0 fully saturated rings. The highest BCUT2D eigenvalue weighted by molar-refractivity contribution is 8.00. The molecule has 0 saturated carbocycles. The summed E-state index contributed by atoms with van der Waals surface area (Å²) >= 11 is 1.42. The maximum atomic E-state index is 12.6. The number of rotatable bonds is 7. The Kier molecular flexibility index (Phi) is 7.27. The first-order valence-electron chi connectivity index (χ1n) is 9.94. The van der Waals surface area contributed by atoms with E-state index in [1.807, 2.05) is 51.1 Å². The molecule has 3 rings (SSSR count). The Labute approximate surface area is 190 Å². The van der Waals surface area contributed by atoms with Gasteiger partial charge >= 0.3 is 0 Å². The van der Waals surface area contributed by atoms with Crippen LogP contribution in [0.5, 0.6) is 0 Å². The van der Waals surface area contributed by atoms with Crippen molar-refractivity contribution in [2.24, 2.45) is 0 Å². The van der Waals surface area contributed by atoms with E-state index in [0.717, 1.165) is 21.7 Å². The highest BCUT2D eigenvalue weighted by Crippen LogP contribution is 2.27. The van der Waals surface area contributed by atoms with Crippen LogP contribution >= 0.6 is 11.8 Å². The third-order valence-electron chi connectivity index (χ3n) is 4.86. The lowest BCUT2D eigenvalue weighted by molar-refractivity contribution is -0.384. The van der Waals surface area contributed by atoms with Gasteiger partial charge in [-0.15, -0.1) is 11.8 Å². The van der Waals surface area contributed by atoms with Crippen molar-refractivity contribution < 1.29 is 14.5 Å². The lowest BCUT2D eigenvalue weighted by atomic mass is 10.1. The number of anilines is 2. The number of non-ortho nitro benzene ring substituents is 1. The Balaban J connectivity index is 1.58. The van der Waals surface area contributed by atoms with Gasteiger partial charge in [0.15, 0.2) is 0 Å². The first kappa shape index (κ1) is 23.0. The van der Waals surface area contributed by atoms with E-state index >= 15 is 0 Å². The fourth-order valence-electron chi connectivity index (χ4n) is 3.05. The highest BCUT2D eigenvalue weighted by Gasteiger charge is 2.16. The Hall–Kier alpha value is -3.65. The number of carbonyl (C=O) groups is 2. The molecule has 8 heteroatoms. The highest BCUT2D eigenvalue weighted by atomic mass is 32.2. The average Bonchev–Trinajstić information content (AvgIpc) is 2.77. The van der Waals surface area contributed by atoms with E-state index in [1.54, 1.807) is 12.1 Å². The normalized spacial score (nSPS) is 11.5. The predicted octanol–water partition coefficient (Wildman–Crippen LogP) is 5.58. The minimum Gasteiger partial charge on any atom is -0.325 e. The molecule has 0 bridgehead atoms. The maximum Gasteiger partial charge on any atom is 0.269 e. The van der Waals surface area contributed by atoms with Crippen LogP contribution in [0.2, 0.25) is 0 Å². The summed E-state index contributed by atoms with van der Waals surface area (Å²) in [4.78, 5) is 36.1. The van der Waals surface area contributed by atoms with Gasteiger partial charge in [-0.3, -0.25) is 19.7 Å².